The molecule has 0 fully saturated rings. The summed E-state index contributed by atoms with van der Waals surface area (Å²) in [7, 11) is 0. The van der Waals surface area contributed by atoms with Gasteiger partial charge in [0.2, 0.25) is 0 Å². The standard InChI is InChI=1S/C14H28O4/c1-5-6-11-17-18-12(13(15)16)9-7-8-10-14(2,3)4/h12H,5-11H2,1-4H3,(H,15,16). The fourth-order valence-corrected chi connectivity index (χ4v) is 1.53. The van der Waals surface area contributed by atoms with Crippen molar-refractivity contribution in [2.45, 2.75) is 72.3 Å². The van der Waals surface area contributed by atoms with Gasteiger partial charge in [0.25, 0.3) is 0 Å². The lowest BCUT2D eigenvalue weighted by Gasteiger charge is -2.18. The third-order valence-corrected chi connectivity index (χ3v) is 2.68. The Balaban J connectivity index is 3.74. The second-order valence-electron chi connectivity index (χ2n) is 5.91. The summed E-state index contributed by atoms with van der Waals surface area (Å²) in [5.41, 5.74) is 0.303. The molecule has 0 heterocycles. The maximum Gasteiger partial charge on any atom is 0.336 e. The Labute approximate surface area is 111 Å². The fourth-order valence-electron chi connectivity index (χ4n) is 1.53. The van der Waals surface area contributed by atoms with Gasteiger partial charge in [-0.15, -0.1) is 0 Å². The van der Waals surface area contributed by atoms with Crippen molar-refractivity contribution < 1.29 is 19.7 Å². The van der Waals surface area contributed by atoms with Gasteiger partial charge in [0.15, 0.2) is 6.10 Å². The molecular formula is C14H28O4. The molecule has 1 N–H and O–H groups in total. The van der Waals surface area contributed by atoms with Crippen LogP contribution in [0.4, 0.5) is 0 Å². The van der Waals surface area contributed by atoms with Crippen LogP contribution >= 0.6 is 0 Å². The van der Waals surface area contributed by atoms with Crippen molar-refractivity contribution in [1.29, 1.82) is 0 Å². The SMILES string of the molecule is CCCCOOC(CCCCC(C)(C)C)C(=O)O. The van der Waals surface area contributed by atoms with E-state index in [1.54, 1.807) is 0 Å². The summed E-state index contributed by atoms with van der Waals surface area (Å²) in [4.78, 5) is 20.8. The zero-order valence-electron chi connectivity index (χ0n) is 12.2. The van der Waals surface area contributed by atoms with Crippen LogP contribution in [0.3, 0.4) is 0 Å². The molecule has 0 saturated carbocycles. The summed E-state index contributed by atoms with van der Waals surface area (Å²) in [5, 5.41) is 8.98. The number of hydrogen-bond acceptors (Lipinski definition) is 3. The Morgan fingerprint density at radius 1 is 1.22 bits per heavy atom. The molecular weight excluding hydrogens is 232 g/mol. The average molecular weight is 260 g/mol. The highest BCUT2D eigenvalue weighted by Gasteiger charge is 2.19. The lowest BCUT2D eigenvalue weighted by molar-refractivity contribution is -0.321. The van der Waals surface area contributed by atoms with E-state index in [9.17, 15) is 4.79 Å². The normalized spacial score (nSPS) is 13.6. The number of carbonyl (C=O) groups is 1. The van der Waals surface area contributed by atoms with Crippen molar-refractivity contribution in [3.8, 4) is 0 Å². The van der Waals surface area contributed by atoms with E-state index in [1.165, 1.54) is 0 Å². The number of carboxylic acids is 1. The van der Waals surface area contributed by atoms with Crippen LogP contribution in [0.2, 0.25) is 0 Å². The molecule has 108 valence electrons. The molecule has 0 aliphatic carbocycles. The molecule has 4 nitrogen and oxygen atoms in total. The molecule has 0 aromatic carbocycles. The molecule has 0 bridgehead atoms. The van der Waals surface area contributed by atoms with Crippen LogP contribution in [-0.2, 0) is 14.6 Å². The summed E-state index contributed by atoms with van der Waals surface area (Å²) in [6.45, 7) is 9.07. The Morgan fingerprint density at radius 2 is 1.89 bits per heavy atom. The van der Waals surface area contributed by atoms with E-state index < -0.39 is 12.1 Å². The van der Waals surface area contributed by atoms with Crippen molar-refractivity contribution in [2.24, 2.45) is 5.41 Å². The predicted octanol–water partition coefficient (Wildman–Crippen LogP) is 3.79. The van der Waals surface area contributed by atoms with Gasteiger partial charge in [0, 0.05) is 0 Å². The highest BCUT2D eigenvalue weighted by atomic mass is 17.2. The maximum absolute atomic E-state index is 10.9. The van der Waals surface area contributed by atoms with E-state index in [0.29, 0.717) is 18.4 Å². The fraction of sp³-hybridized carbons (Fsp3) is 0.929. The maximum atomic E-state index is 10.9. The lowest BCUT2D eigenvalue weighted by atomic mass is 9.89. The van der Waals surface area contributed by atoms with Crippen LogP contribution in [0.5, 0.6) is 0 Å². The molecule has 0 aromatic rings. The van der Waals surface area contributed by atoms with E-state index in [0.717, 1.165) is 32.1 Å². The quantitative estimate of drug-likeness (QED) is 0.369. The Hall–Kier alpha value is -0.610. The molecule has 0 amide bonds. The summed E-state index contributed by atoms with van der Waals surface area (Å²) in [6.07, 6.45) is 4.54. The minimum absolute atomic E-state index is 0.303. The van der Waals surface area contributed by atoms with Crippen molar-refractivity contribution in [2.75, 3.05) is 6.61 Å². The van der Waals surface area contributed by atoms with Crippen LogP contribution in [0.15, 0.2) is 0 Å². The Bertz CT molecular complexity index is 220. The van der Waals surface area contributed by atoms with E-state index in [2.05, 4.69) is 20.8 Å². The summed E-state index contributed by atoms with van der Waals surface area (Å²) >= 11 is 0. The molecule has 1 atom stereocenters. The van der Waals surface area contributed by atoms with Crippen LogP contribution in [0.1, 0.15) is 66.2 Å². The molecule has 1 unspecified atom stereocenters. The van der Waals surface area contributed by atoms with E-state index in [1.807, 2.05) is 6.92 Å². The molecule has 0 aliphatic heterocycles. The number of carboxylic acid groups (broad SMARTS) is 1. The Morgan fingerprint density at radius 3 is 2.39 bits per heavy atom. The van der Waals surface area contributed by atoms with Crippen LogP contribution < -0.4 is 0 Å². The van der Waals surface area contributed by atoms with Crippen LogP contribution in [-0.4, -0.2) is 23.8 Å². The summed E-state index contributed by atoms with van der Waals surface area (Å²) in [6, 6.07) is 0. The largest absolute Gasteiger partial charge is 0.479 e. The average Bonchev–Trinajstić information content (AvgIpc) is 2.25. The van der Waals surface area contributed by atoms with E-state index >= 15 is 0 Å². The van der Waals surface area contributed by atoms with Gasteiger partial charge in [-0.05, 0) is 24.7 Å². The van der Waals surface area contributed by atoms with Gasteiger partial charge in [0.05, 0.1) is 6.61 Å². The van der Waals surface area contributed by atoms with Gasteiger partial charge in [-0.2, -0.15) is 0 Å². The molecule has 0 aromatic heterocycles. The van der Waals surface area contributed by atoms with Crippen molar-refractivity contribution in [3.05, 3.63) is 0 Å². The first kappa shape index (κ1) is 17.4. The van der Waals surface area contributed by atoms with Crippen LogP contribution in [0, 0.1) is 5.41 Å². The highest BCUT2D eigenvalue weighted by Crippen LogP contribution is 2.22. The first-order valence-electron chi connectivity index (χ1n) is 6.88. The van der Waals surface area contributed by atoms with Gasteiger partial charge in [-0.25, -0.2) is 14.6 Å². The molecule has 0 spiro atoms. The van der Waals surface area contributed by atoms with Gasteiger partial charge in [0.1, 0.15) is 0 Å². The van der Waals surface area contributed by atoms with Gasteiger partial charge < -0.3 is 5.11 Å². The number of unbranched alkanes of at least 4 members (excludes halogenated alkanes) is 2. The second kappa shape index (κ2) is 9.34. The molecule has 0 saturated heterocycles. The predicted molar refractivity (Wildman–Crippen MR) is 71.3 cm³/mol. The van der Waals surface area contributed by atoms with Crippen molar-refractivity contribution in [1.82, 2.24) is 0 Å². The second-order valence-corrected chi connectivity index (χ2v) is 5.91. The van der Waals surface area contributed by atoms with Crippen LogP contribution in [0.25, 0.3) is 0 Å². The summed E-state index contributed by atoms with van der Waals surface area (Å²) < 4.78 is 0. The number of aliphatic carboxylic acids is 1. The Kier molecular flexibility index (Phi) is 9.02. The molecule has 0 rings (SSSR count). The zero-order chi connectivity index (χ0) is 14.0. The third-order valence-electron chi connectivity index (χ3n) is 2.68. The van der Waals surface area contributed by atoms with Gasteiger partial charge >= 0.3 is 5.97 Å². The van der Waals surface area contributed by atoms with Gasteiger partial charge in [-0.3, -0.25) is 0 Å². The molecule has 0 aliphatic rings. The number of rotatable bonds is 10. The monoisotopic (exact) mass is 260 g/mol. The highest BCUT2D eigenvalue weighted by molar-refractivity contribution is 5.72. The van der Waals surface area contributed by atoms with Crippen molar-refractivity contribution in [3.63, 3.8) is 0 Å². The zero-order valence-corrected chi connectivity index (χ0v) is 12.2. The van der Waals surface area contributed by atoms with Crippen molar-refractivity contribution >= 4 is 5.97 Å². The lowest BCUT2D eigenvalue weighted by Crippen LogP contribution is -2.24. The molecule has 4 heteroatoms. The molecule has 0 radical (unpaired) electrons. The van der Waals surface area contributed by atoms with Gasteiger partial charge in [-0.1, -0.05) is 47.0 Å². The minimum Gasteiger partial charge on any atom is -0.479 e. The molecule has 18 heavy (non-hydrogen) atoms. The first-order valence-corrected chi connectivity index (χ1v) is 6.88. The minimum atomic E-state index is -0.942. The topological polar surface area (TPSA) is 55.8 Å². The third kappa shape index (κ3) is 10.5. The number of hydrogen-bond donors (Lipinski definition) is 1. The van der Waals surface area contributed by atoms with E-state index in [-0.39, 0.29) is 0 Å². The van der Waals surface area contributed by atoms with E-state index in [4.69, 9.17) is 14.9 Å². The smallest absolute Gasteiger partial charge is 0.336 e. The first-order chi connectivity index (χ1) is 8.37. The summed E-state index contributed by atoms with van der Waals surface area (Å²) in [5.74, 6) is -0.942.